The molecule has 2 rings (SSSR count). The Morgan fingerprint density at radius 2 is 1.80 bits per heavy atom. The van der Waals surface area contributed by atoms with Gasteiger partial charge in [0.05, 0.1) is 26.1 Å². The van der Waals surface area contributed by atoms with Crippen molar-refractivity contribution in [3.63, 3.8) is 0 Å². The molecule has 0 aliphatic rings. The summed E-state index contributed by atoms with van der Waals surface area (Å²) in [6.07, 6.45) is 1.38. The lowest BCUT2D eigenvalue weighted by molar-refractivity contribution is 0.398. The van der Waals surface area contributed by atoms with Crippen molar-refractivity contribution in [2.75, 3.05) is 18.9 Å². The quantitative estimate of drug-likeness (QED) is 0.911. The van der Waals surface area contributed by atoms with Crippen molar-refractivity contribution < 1.29 is 17.9 Å². The van der Waals surface area contributed by atoms with E-state index in [1.807, 2.05) is 0 Å². The Balaban J connectivity index is 2.30. The van der Waals surface area contributed by atoms with Crippen LogP contribution in [0.3, 0.4) is 0 Å². The third-order valence-electron chi connectivity index (χ3n) is 2.56. The summed E-state index contributed by atoms with van der Waals surface area (Å²) >= 11 is 0. The Morgan fingerprint density at radius 1 is 1.05 bits per heavy atom. The highest BCUT2D eigenvalue weighted by Crippen LogP contribution is 2.25. The molecule has 0 unspecified atom stereocenters. The Bertz CT molecular complexity index is 684. The van der Waals surface area contributed by atoms with Gasteiger partial charge in [0.25, 0.3) is 10.0 Å². The van der Waals surface area contributed by atoms with Gasteiger partial charge < -0.3 is 9.47 Å². The maximum absolute atomic E-state index is 12.3. The fraction of sp³-hybridized carbons (Fsp3) is 0.154. The predicted molar refractivity (Wildman–Crippen MR) is 74.6 cm³/mol. The number of methoxy groups -OCH3 is 2. The van der Waals surface area contributed by atoms with E-state index in [4.69, 9.17) is 9.47 Å². The first-order valence-electron chi connectivity index (χ1n) is 5.72. The van der Waals surface area contributed by atoms with E-state index in [1.54, 1.807) is 30.3 Å². The van der Waals surface area contributed by atoms with Gasteiger partial charge in [0, 0.05) is 6.07 Å². The summed E-state index contributed by atoms with van der Waals surface area (Å²) < 4.78 is 37.0. The molecule has 0 spiro atoms. The lowest BCUT2D eigenvalue weighted by Gasteiger charge is -2.11. The third-order valence-corrected chi connectivity index (χ3v) is 3.98. The van der Waals surface area contributed by atoms with E-state index in [9.17, 15) is 8.42 Å². The molecule has 0 radical (unpaired) electrons. The van der Waals surface area contributed by atoms with Gasteiger partial charge in [0.1, 0.15) is 10.6 Å². The largest absolute Gasteiger partial charge is 0.495 e. The number of nitrogens with zero attached hydrogens (tertiary/aromatic N) is 1. The number of aromatic nitrogens is 1. The van der Waals surface area contributed by atoms with Crippen molar-refractivity contribution in [2.24, 2.45) is 0 Å². The first-order valence-corrected chi connectivity index (χ1v) is 7.21. The van der Waals surface area contributed by atoms with Gasteiger partial charge in [0.15, 0.2) is 0 Å². The van der Waals surface area contributed by atoms with E-state index < -0.39 is 10.0 Å². The van der Waals surface area contributed by atoms with Crippen LogP contribution >= 0.6 is 0 Å². The van der Waals surface area contributed by atoms with E-state index >= 15 is 0 Å². The number of anilines is 1. The number of hydrogen-bond acceptors (Lipinski definition) is 5. The fourth-order valence-corrected chi connectivity index (χ4v) is 2.83. The lowest BCUT2D eigenvalue weighted by Crippen LogP contribution is -2.14. The van der Waals surface area contributed by atoms with E-state index in [1.165, 1.54) is 26.5 Å². The van der Waals surface area contributed by atoms with Crippen molar-refractivity contribution >= 4 is 15.7 Å². The molecule has 0 saturated heterocycles. The summed E-state index contributed by atoms with van der Waals surface area (Å²) in [5, 5.41) is 0. The average molecular weight is 294 g/mol. The number of pyridine rings is 1. The van der Waals surface area contributed by atoms with Crippen LogP contribution < -0.4 is 14.2 Å². The average Bonchev–Trinajstić information content (AvgIpc) is 2.47. The number of nitrogens with one attached hydrogen (secondary N) is 1. The summed E-state index contributed by atoms with van der Waals surface area (Å²) in [6.45, 7) is 0. The van der Waals surface area contributed by atoms with Crippen molar-refractivity contribution in [1.29, 1.82) is 0 Å². The van der Waals surface area contributed by atoms with Gasteiger partial charge >= 0.3 is 0 Å². The van der Waals surface area contributed by atoms with Gasteiger partial charge in [-0.25, -0.2) is 13.4 Å². The molecule has 0 aliphatic carbocycles. The number of benzene rings is 1. The van der Waals surface area contributed by atoms with Crippen LogP contribution in [0.1, 0.15) is 0 Å². The van der Waals surface area contributed by atoms with Crippen molar-refractivity contribution in [1.82, 2.24) is 4.98 Å². The van der Waals surface area contributed by atoms with Gasteiger partial charge in [-0.15, -0.1) is 0 Å². The number of rotatable bonds is 5. The minimum Gasteiger partial charge on any atom is -0.495 e. The molecule has 0 saturated carbocycles. The van der Waals surface area contributed by atoms with Crippen molar-refractivity contribution in [2.45, 2.75) is 4.90 Å². The van der Waals surface area contributed by atoms with E-state index in [2.05, 4.69) is 9.71 Å². The first-order chi connectivity index (χ1) is 9.56. The monoisotopic (exact) mass is 294 g/mol. The molecule has 0 aliphatic heterocycles. The molecule has 0 fully saturated rings. The Hall–Kier alpha value is -2.28. The first kappa shape index (κ1) is 14.1. The number of hydrogen-bond donors (Lipinski definition) is 1. The van der Waals surface area contributed by atoms with Crippen LogP contribution in [0.4, 0.5) is 5.69 Å². The predicted octanol–water partition coefficient (Wildman–Crippen LogP) is 1.90. The molecule has 1 N–H and O–H groups in total. The summed E-state index contributed by atoms with van der Waals surface area (Å²) in [5.41, 5.74) is 0.344. The second kappa shape index (κ2) is 5.79. The van der Waals surface area contributed by atoms with E-state index in [0.29, 0.717) is 11.6 Å². The Labute approximate surface area is 117 Å². The third kappa shape index (κ3) is 3.00. The molecule has 0 atom stereocenters. The fourth-order valence-electron chi connectivity index (χ4n) is 1.61. The van der Waals surface area contributed by atoms with Gasteiger partial charge in [-0.05, 0) is 18.2 Å². The topological polar surface area (TPSA) is 77.5 Å². The van der Waals surface area contributed by atoms with Crippen LogP contribution in [0.25, 0.3) is 0 Å². The number of sulfonamides is 1. The van der Waals surface area contributed by atoms with E-state index in [0.717, 1.165) is 0 Å². The van der Waals surface area contributed by atoms with Gasteiger partial charge in [0.2, 0.25) is 5.88 Å². The zero-order valence-corrected chi connectivity index (χ0v) is 11.8. The molecule has 0 bridgehead atoms. The molecule has 106 valence electrons. The van der Waals surface area contributed by atoms with Gasteiger partial charge in [-0.1, -0.05) is 12.1 Å². The zero-order chi connectivity index (χ0) is 14.6. The van der Waals surface area contributed by atoms with Crippen LogP contribution in [0.15, 0.2) is 47.5 Å². The normalized spacial score (nSPS) is 10.9. The molecule has 7 heteroatoms. The lowest BCUT2D eigenvalue weighted by atomic mass is 10.3. The molecule has 2 aromatic rings. The van der Waals surface area contributed by atoms with Gasteiger partial charge in [-0.2, -0.15) is 0 Å². The summed E-state index contributed by atoms with van der Waals surface area (Å²) in [6, 6.07) is 9.52. The minimum absolute atomic E-state index is 0.0679. The summed E-state index contributed by atoms with van der Waals surface area (Å²) in [5.74, 6) is 0.687. The SMILES string of the molecule is COc1ccc(NS(=O)(=O)c2ccccc2OC)cn1. The summed E-state index contributed by atoms with van der Waals surface area (Å²) in [7, 11) is -0.824. The highest BCUT2D eigenvalue weighted by molar-refractivity contribution is 7.92. The molecule has 1 aromatic heterocycles. The number of para-hydroxylation sites is 1. The highest BCUT2D eigenvalue weighted by Gasteiger charge is 2.19. The highest BCUT2D eigenvalue weighted by atomic mass is 32.2. The van der Waals surface area contributed by atoms with Crippen LogP contribution in [0.5, 0.6) is 11.6 Å². The second-order valence-corrected chi connectivity index (χ2v) is 5.50. The van der Waals surface area contributed by atoms with Crippen LogP contribution in [-0.2, 0) is 10.0 Å². The molecule has 20 heavy (non-hydrogen) atoms. The van der Waals surface area contributed by atoms with Gasteiger partial charge in [-0.3, -0.25) is 4.72 Å². The molecular weight excluding hydrogens is 280 g/mol. The molecular formula is C13H14N2O4S. The molecule has 1 aromatic carbocycles. The van der Waals surface area contributed by atoms with E-state index in [-0.39, 0.29) is 10.6 Å². The zero-order valence-electron chi connectivity index (χ0n) is 11.0. The maximum atomic E-state index is 12.3. The van der Waals surface area contributed by atoms with Crippen molar-refractivity contribution in [3.05, 3.63) is 42.6 Å². The molecule has 0 amide bonds. The standard InChI is InChI=1S/C13H14N2O4S/c1-18-11-5-3-4-6-12(11)20(16,17)15-10-7-8-13(19-2)14-9-10/h3-9,15H,1-2H3. The van der Waals surface area contributed by atoms with Crippen LogP contribution in [0.2, 0.25) is 0 Å². The van der Waals surface area contributed by atoms with Crippen molar-refractivity contribution in [3.8, 4) is 11.6 Å². The maximum Gasteiger partial charge on any atom is 0.265 e. The summed E-state index contributed by atoms with van der Waals surface area (Å²) in [4.78, 5) is 4.01. The minimum atomic E-state index is -3.73. The van der Waals surface area contributed by atoms with Crippen LogP contribution in [-0.4, -0.2) is 27.6 Å². The molecule has 6 nitrogen and oxygen atoms in total. The molecule has 1 heterocycles. The Morgan fingerprint density at radius 3 is 2.40 bits per heavy atom. The smallest absolute Gasteiger partial charge is 0.265 e. The van der Waals surface area contributed by atoms with Crippen LogP contribution in [0, 0.1) is 0 Å². The number of ether oxygens (including phenoxy) is 2. The Kier molecular flexibility index (Phi) is 4.09. The second-order valence-electron chi connectivity index (χ2n) is 3.85.